The van der Waals surface area contributed by atoms with Crippen molar-refractivity contribution in [2.75, 3.05) is 0 Å². The molecule has 0 saturated heterocycles. The Hall–Kier alpha value is -4.37. The number of hydrogen-bond donors (Lipinski definition) is 0. The minimum Gasteiger partial charge on any atom is -0.485 e. The van der Waals surface area contributed by atoms with Gasteiger partial charge in [-0.05, 0) is 70.2 Å². The van der Waals surface area contributed by atoms with Gasteiger partial charge in [-0.1, -0.05) is 94.4 Å². The van der Waals surface area contributed by atoms with E-state index in [0.29, 0.717) is 0 Å². The highest BCUT2D eigenvalue weighted by atomic mass is 16.5. The first-order valence-electron chi connectivity index (χ1n) is 14.2. The largest absolute Gasteiger partial charge is 0.485 e. The molecule has 3 nitrogen and oxygen atoms in total. The lowest BCUT2D eigenvalue weighted by atomic mass is 9.61. The van der Waals surface area contributed by atoms with Gasteiger partial charge < -0.3 is 4.74 Å². The summed E-state index contributed by atoms with van der Waals surface area (Å²) >= 11 is 0. The Labute approximate surface area is 235 Å². The molecule has 3 heteroatoms. The molecule has 0 saturated carbocycles. The molecular formula is C37H32N2O. The van der Waals surface area contributed by atoms with E-state index in [0.717, 1.165) is 33.9 Å². The molecule has 40 heavy (non-hydrogen) atoms. The van der Waals surface area contributed by atoms with E-state index in [1.807, 2.05) is 0 Å². The number of benzene rings is 4. The van der Waals surface area contributed by atoms with Crippen LogP contribution in [0.1, 0.15) is 50.3 Å². The van der Waals surface area contributed by atoms with Gasteiger partial charge in [-0.2, -0.15) is 0 Å². The zero-order valence-electron chi connectivity index (χ0n) is 23.3. The third-order valence-electron chi connectivity index (χ3n) is 9.62. The molecule has 4 aromatic carbocycles. The van der Waals surface area contributed by atoms with E-state index in [2.05, 4.69) is 141 Å². The van der Waals surface area contributed by atoms with Crippen LogP contribution in [0.4, 0.5) is 0 Å². The average molecular weight is 521 g/mol. The monoisotopic (exact) mass is 520 g/mol. The standard InChI is InChI=1S/C37H32N2O/c1-36(2,3)37(4)27-20-21-32-34(26-14-8-11-17-31(26)40-32)33(27)25-19-18-23(22-28(25)37)35-38-29-15-9-10-16-30(29)39(35)24-12-6-5-7-13-24/h5-22,32,34H,1-4H3. The number of nitrogens with zero attached hydrogens (tertiary/aromatic N) is 2. The molecular weight excluding hydrogens is 488 g/mol. The Morgan fingerprint density at radius 1 is 0.850 bits per heavy atom. The van der Waals surface area contributed by atoms with E-state index in [-0.39, 0.29) is 22.9 Å². The van der Waals surface area contributed by atoms with Crippen molar-refractivity contribution in [1.29, 1.82) is 0 Å². The van der Waals surface area contributed by atoms with Crippen LogP contribution in [0.25, 0.3) is 33.7 Å². The molecule has 0 spiro atoms. The number of rotatable bonds is 2. The first-order valence-corrected chi connectivity index (χ1v) is 14.2. The lowest BCUT2D eigenvalue weighted by Gasteiger charge is -2.42. The van der Waals surface area contributed by atoms with Crippen LogP contribution in [-0.4, -0.2) is 15.7 Å². The first-order chi connectivity index (χ1) is 19.4. The molecule has 0 radical (unpaired) electrons. The Bertz CT molecular complexity index is 1880. The van der Waals surface area contributed by atoms with Gasteiger partial charge in [-0.25, -0.2) is 4.98 Å². The fourth-order valence-corrected chi connectivity index (χ4v) is 7.25. The molecule has 8 rings (SSSR count). The van der Waals surface area contributed by atoms with Crippen LogP contribution in [0.15, 0.2) is 115 Å². The molecule has 0 N–H and O–H groups in total. The number of aromatic nitrogens is 2. The maximum atomic E-state index is 6.44. The molecule has 2 aliphatic carbocycles. The van der Waals surface area contributed by atoms with Crippen molar-refractivity contribution in [1.82, 2.24) is 9.55 Å². The van der Waals surface area contributed by atoms with Crippen LogP contribution in [0.3, 0.4) is 0 Å². The van der Waals surface area contributed by atoms with Crippen molar-refractivity contribution in [2.24, 2.45) is 5.41 Å². The number of hydrogen-bond acceptors (Lipinski definition) is 2. The van der Waals surface area contributed by atoms with Crippen LogP contribution in [-0.2, 0) is 5.41 Å². The highest BCUT2D eigenvalue weighted by Crippen LogP contribution is 2.62. The van der Waals surface area contributed by atoms with Crippen LogP contribution in [0.5, 0.6) is 5.75 Å². The van der Waals surface area contributed by atoms with Crippen molar-refractivity contribution in [3.63, 3.8) is 0 Å². The van der Waals surface area contributed by atoms with E-state index in [4.69, 9.17) is 9.72 Å². The molecule has 3 atom stereocenters. The highest BCUT2D eigenvalue weighted by Gasteiger charge is 2.53. The van der Waals surface area contributed by atoms with Crippen LogP contribution < -0.4 is 4.74 Å². The summed E-state index contributed by atoms with van der Waals surface area (Å²) in [7, 11) is 0. The molecule has 0 bridgehead atoms. The summed E-state index contributed by atoms with van der Waals surface area (Å²) in [4.78, 5) is 5.18. The van der Waals surface area contributed by atoms with E-state index in [1.54, 1.807) is 0 Å². The van der Waals surface area contributed by atoms with Crippen LogP contribution in [0.2, 0.25) is 0 Å². The summed E-state index contributed by atoms with van der Waals surface area (Å²) in [5.41, 5.74) is 11.1. The maximum Gasteiger partial charge on any atom is 0.145 e. The zero-order chi connectivity index (χ0) is 27.2. The second-order valence-electron chi connectivity index (χ2n) is 12.5. The lowest BCUT2D eigenvalue weighted by molar-refractivity contribution is 0.247. The van der Waals surface area contributed by atoms with Gasteiger partial charge in [0.15, 0.2) is 0 Å². The van der Waals surface area contributed by atoms with Crippen molar-refractivity contribution in [3.05, 3.63) is 131 Å². The summed E-state index contributed by atoms with van der Waals surface area (Å²) in [6, 6.07) is 34.6. The minimum atomic E-state index is -0.170. The Kier molecular flexibility index (Phi) is 4.75. The summed E-state index contributed by atoms with van der Waals surface area (Å²) < 4.78 is 8.74. The second-order valence-corrected chi connectivity index (χ2v) is 12.5. The SMILES string of the molecule is CC(C)(C)C1(C)C2=C(c3ccc(-c4nc5ccccc5n4-c4ccccc4)cc31)C1c3ccccc3OC1C=C2. The van der Waals surface area contributed by atoms with Crippen LogP contribution in [0, 0.1) is 5.41 Å². The predicted molar refractivity (Wildman–Crippen MR) is 163 cm³/mol. The molecule has 3 unspecified atom stereocenters. The summed E-state index contributed by atoms with van der Waals surface area (Å²) in [5.74, 6) is 2.19. The third kappa shape index (κ3) is 3.03. The molecule has 3 aliphatic rings. The molecule has 5 aromatic rings. The molecule has 2 heterocycles. The molecule has 0 fully saturated rings. The number of imidazole rings is 1. The maximum absolute atomic E-state index is 6.44. The number of fused-ring (bicyclic) bond motifs is 7. The van der Waals surface area contributed by atoms with E-state index in [9.17, 15) is 0 Å². The normalized spacial score (nSPS) is 22.6. The van der Waals surface area contributed by atoms with Gasteiger partial charge in [0.1, 0.15) is 17.7 Å². The van der Waals surface area contributed by atoms with Crippen molar-refractivity contribution >= 4 is 16.6 Å². The summed E-state index contributed by atoms with van der Waals surface area (Å²) in [6.45, 7) is 9.55. The van der Waals surface area contributed by atoms with Crippen molar-refractivity contribution < 1.29 is 4.74 Å². The van der Waals surface area contributed by atoms with Gasteiger partial charge in [-0.3, -0.25) is 4.57 Å². The molecule has 196 valence electrons. The van der Waals surface area contributed by atoms with E-state index in [1.165, 1.54) is 27.8 Å². The summed E-state index contributed by atoms with van der Waals surface area (Å²) in [6.07, 6.45) is 4.68. The predicted octanol–water partition coefficient (Wildman–Crippen LogP) is 8.88. The van der Waals surface area contributed by atoms with Gasteiger partial charge in [0.2, 0.25) is 0 Å². The Balaban J connectivity index is 1.37. The molecule has 1 aliphatic heterocycles. The number of ether oxygens (including phenoxy) is 1. The van der Waals surface area contributed by atoms with Crippen LogP contribution >= 0.6 is 0 Å². The van der Waals surface area contributed by atoms with Gasteiger partial charge in [0.25, 0.3) is 0 Å². The van der Waals surface area contributed by atoms with Crippen molar-refractivity contribution in [2.45, 2.75) is 45.1 Å². The van der Waals surface area contributed by atoms with E-state index < -0.39 is 0 Å². The van der Waals surface area contributed by atoms with Gasteiger partial charge in [0, 0.05) is 22.2 Å². The average Bonchev–Trinajstić information content (AvgIpc) is 3.62. The molecule has 0 amide bonds. The van der Waals surface area contributed by atoms with E-state index >= 15 is 0 Å². The fourth-order valence-electron chi connectivity index (χ4n) is 7.25. The van der Waals surface area contributed by atoms with Gasteiger partial charge in [0.05, 0.1) is 17.0 Å². The second kappa shape index (κ2) is 8.08. The van der Waals surface area contributed by atoms with Gasteiger partial charge in [-0.15, -0.1) is 0 Å². The topological polar surface area (TPSA) is 27.1 Å². The smallest absolute Gasteiger partial charge is 0.145 e. The fraction of sp³-hybridized carbons (Fsp3) is 0.216. The highest BCUT2D eigenvalue weighted by molar-refractivity contribution is 5.91. The quantitative estimate of drug-likeness (QED) is 0.232. The molecule has 1 aromatic heterocycles. The number of para-hydroxylation sites is 4. The minimum absolute atomic E-state index is 0.00677. The van der Waals surface area contributed by atoms with Gasteiger partial charge >= 0.3 is 0 Å². The first kappa shape index (κ1) is 23.5. The third-order valence-corrected chi connectivity index (χ3v) is 9.62. The Morgan fingerprint density at radius 3 is 2.42 bits per heavy atom. The van der Waals surface area contributed by atoms with Crippen molar-refractivity contribution in [3.8, 4) is 22.8 Å². The lowest BCUT2D eigenvalue weighted by Crippen LogP contribution is -2.38. The summed E-state index contributed by atoms with van der Waals surface area (Å²) in [5, 5.41) is 0. The zero-order valence-corrected chi connectivity index (χ0v) is 23.3. The Morgan fingerprint density at radius 2 is 1.60 bits per heavy atom. The number of allylic oxidation sites excluding steroid dienone is 2.